The molecule has 150 valence electrons. The molecule has 0 aliphatic carbocycles. The van der Waals surface area contributed by atoms with Crippen molar-refractivity contribution in [1.29, 1.82) is 0 Å². The van der Waals surface area contributed by atoms with E-state index in [1.54, 1.807) is 25.1 Å². The maximum atomic E-state index is 13.1. The largest absolute Gasteiger partial charge is 1.00 e. The van der Waals surface area contributed by atoms with Crippen LogP contribution in [-0.4, -0.2) is 22.9 Å². The van der Waals surface area contributed by atoms with Crippen LogP contribution >= 0.6 is 0 Å². The average molecular weight is 442 g/mol. The summed E-state index contributed by atoms with van der Waals surface area (Å²) in [6, 6.07) is 11.4. The fraction of sp³-hybridized carbons (Fsp3) is 0.0909. The van der Waals surface area contributed by atoms with E-state index in [-0.39, 0.29) is 56.8 Å². The van der Waals surface area contributed by atoms with E-state index in [1.165, 1.54) is 12.1 Å². The Balaban J connectivity index is 0.00000231. The van der Waals surface area contributed by atoms with Crippen molar-refractivity contribution >= 4 is 53.7 Å². The van der Waals surface area contributed by atoms with Crippen LogP contribution in [0.15, 0.2) is 56.9 Å². The van der Waals surface area contributed by atoms with Crippen LogP contribution in [0.3, 0.4) is 0 Å². The number of hydrogen-bond acceptors (Lipinski definition) is 5. The first kappa shape index (κ1) is 21.7. The van der Waals surface area contributed by atoms with E-state index in [0.29, 0.717) is 27.4 Å². The molecule has 9 heteroatoms. The summed E-state index contributed by atoms with van der Waals surface area (Å²) in [7, 11) is -4.81. The molecule has 0 spiro atoms. The van der Waals surface area contributed by atoms with Crippen molar-refractivity contribution in [3.63, 3.8) is 0 Å². The number of fused-ring (bicyclic) bond motifs is 4. The number of nitrogens with one attached hydrogen (secondary N) is 2. The third kappa shape index (κ3) is 3.40. The van der Waals surface area contributed by atoms with E-state index < -0.39 is 20.4 Å². The van der Waals surface area contributed by atoms with E-state index >= 15 is 0 Å². The minimum Gasteiger partial charge on any atom is -0.744 e. The van der Waals surface area contributed by atoms with Crippen LogP contribution in [0, 0.1) is 13.8 Å². The summed E-state index contributed by atoms with van der Waals surface area (Å²) in [6.07, 6.45) is 0. The molecule has 0 aliphatic heterocycles. The van der Waals surface area contributed by atoms with Crippen LogP contribution in [0.4, 0.5) is 0 Å². The molecule has 31 heavy (non-hydrogen) atoms. The molecular formula is C22H15N2NaO5S. The number of hydrogen-bond donors (Lipinski definition) is 2. The Labute approximate surface area is 198 Å². The molecule has 0 aliphatic rings. The monoisotopic (exact) mass is 442 g/mol. The van der Waals surface area contributed by atoms with E-state index in [9.17, 15) is 22.6 Å². The van der Waals surface area contributed by atoms with Gasteiger partial charge in [-0.3, -0.25) is 9.59 Å². The molecule has 3 aromatic carbocycles. The topological polar surface area (TPSA) is 123 Å². The van der Waals surface area contributed by atoms with Gasteiger partial charge in [-0.15, -0.1) is 0 Å². The molecule has 2 heterocycles. The Bertz CT molecular complexity index is 1790. The SMILES string of the molecule is Cc1ccc2[nH]c3cc4c(=O)c5cc(C)cc(S(=O)(=O)[O-])c5[nH]c4cc3c(=O)c2c1.[Na+]. The number of rotatable bonds is 1. The first-order valence-corrected chi connectivity index (χ1v) is 10.6. The van der Waals surface area contributed by atoms with Gasteiger partial charge in [0.05, 0.1) is 21.4 Å². The molecule has 0 amide bonds. The Morgan fingerprint density at radius 1 is 0.710 bits per heavy atom. The standard InChI is InChI=1S/C22H16N2O5S.Na/c1-10-3-4-16-12(5-10)21(25)13-9-18-14(8-17(13)23-16)22(26)15-6-11(2)7-19(20(15)24-18)30(27,28)29;/h3-9H,1-2H3,(H,23,25)(H,24,26)(H,27,28,29);/q;+1/p-1. The fourth-order valence-corrected chi connectivity index (χ4v) is 4.71. The third-order valence-electron chi connectivity index (χ3n) is 5.36. The fourth-order valence-electron chi connectivity index (χ4n) is 3.97. The van der Waals surface area contributed by atoms with Crippen LogP contribution in [0.5, 0.6) is 0 Å². The molecule has 2 N–H and O–H groups in total. The molecule has 0 atom stereocenters. The van der Waals surface area contributed by atoms with Gasteiger partial charge in [0.25, 0.3) is 0 Å². The Hall–Kier alpha value is -2.49. The molecule has 0 saturated carbocycles. The minimum absolute atomic E-state index is 0. The van der Waals surface area contributed by atoms with Crippen LogP contribution in [-0.2, 0) is 10.1 Å². The number of aromatic amines is 2. The first-order valence-electron chi connectivity index (χ1n) is 9.16. The predicted molar refractivity (Wildman–Crippen MR) is 115 cm³/mol. The number of benzene rings is 3. The zero-order valence-electron chi connectivity index (χ0n) is 17.0. The van der Waals surface area contributed by atoms with Gasteiger partial charge in [0.2, 0.25) is 0 Å². The average Bonchev–Trinajstić information content (AvgIpc) is 2.68. The molecule has 0 saturated heterocycles. The van der Waals surface area contributed by atoms with E-state index in [1.807, 2.05) is 19.1 Å². The van der Waals surface area contributed by atoms with Crippen molar-refractivity contribution in [2.24, 2.45) is 0 Å². The van der Waals surface area contributed by atoms with Crippen molar-refractivity contribution in [3.05, 3.63) is 74.0 Å². The quantitative estimate of drug-likeness (QED) is 0.218. The molecule has 0 unspecified atom stereocenters. The van der Waals surface area contributed by atoms with Gasteiger partial charge in [-0.2, -0.15) is 0 Å². The molecule has 2 aromatic heterocycles. The van der Waals surface area contributed by atoms with E-state index in [4.69, 9.17) is 0 Å². The molecule has 0 bridgehead atoms. The minimum atomic E-state index is -4.81. The number of pyridine rings is 2. The van der Waals surface area contributed by atoms with Crippen molar-refractivity contribution in [2.75, 3.05) is 0 Å². The van der Waals surface area contributed by atoms with Gasteiger partial charge in [0, 0.05) is 27.1 Å². The summed E-state index contributed by atoms with van der Waals surface area (Å²) in [4.78, 5) is 31.8. The van der Waals surface area contributed by atoms with Gasteiger partial charge in [-0.1, -0.05) is 11.6 Å². The zero-order chi connectivity index (χ0) is 21.4. The van der Waals surface area contributed by atoms with Crippen molar-refractivity contribution in [3.8, 4) is 0 Å². The maximum absolute atomic E-state index is 13.1. The number of aryl methyl sites for hydroxylation is 2. The zero-order valence-corrected chi connectivity index (χ0v) is 19.8. The Kier molecular flexibility index (Phi) is 5.11. The van der Waals surface area contributed by atoms with Gasteiger partial charge >= 0.3 is 29.6 Å². The second-order valence-electron chi connectivity index (χ2n) is 7.54. The summed E-state index contributed by atoms with van der Waals surface area (Å²) >= 11 is 0. The van der Waals surface area contributed by atoms with Gasteiger partial charge in [-0.05, 0) is 55.8 Å². The van der Waals surface area contributed by atoms with Gasteiger partial charge < -0.3 is 14.5 Å². The molecule has 7 nitrogen and oxygen atoms in total. The normalized spacial score (nSPS) is 12.0. The maximum Gasteiger partial charge on any atom is 1.00 e. The second-order valence-corrected chi connectivity index (χ2v) is 8.89. The predicted octanol–water partition coefficient (Wildman–Crippen LogP) is 0.201. The Morgan fingerprint density at radius 3 is 1.90 bits per heavy atom. The van der Waals surface area contributed by atoms with Crippen LogP contribution in [0.25, 0.3) is 43.6 Å². The van der Waals surface area contributed by atoms with Gasteiger partial charge in [-0.25, -0.2) is 8.42 Å². The first-order chi connectivity index (χ1) is 14.1. The molecule has 0 radical (unpaired) electrons. The van der Waals surface area contributed by atoms with Crippen LogP contribution < -0.4 is 40.4 Å². The van der Waals surface area contributed by atoms with Crippen LogP contribution in [0.1, 0.15) is 11.1 Å². The molecule has 5 rings (SSSR count). The molecule has 5 aromatic rings. The molecule has 0 fully saturated rings. The summed E-state index contributed by atoms with van der Waals surface area (Å²) in [5.74, 6) is 0. The Morgan fingerprint density at radius 2 is 1.26 bits per heavy atom. The number of H-pyrrole nitrogens is 2. The van der Waals surface area contributed by atoms with E-state index in [0.717, 1.165) is 5.56 Å². The van der Waals surface area contributed by atoms with Crippen molar-refractivity contribution in [1.82, 2.24) is 9.97 Å². The van der Waals surface area contributed by atoms with Gasteiger partial charge in [0.15, 0.2) is 10.9 Å². The van der Waals surface area contributed by atoms with E-state index in [2.05, 4.69) is 9.97 Å². The molecular weight excluding hydrogens is 427 g/mol. The van der Waals surface area contributed by atoms with Crippen molar-refractivity contribution < 1.29 is 42.5 Å². The summed E-state index contributed by atoms with van der Waals surface area (Å²) in [5.41, 5.74) is 2.19. The number of aromatic nitrogens is 2. The summed E-state index contributed by atoms with van der Waals surface area (Å²) in [5, 5.41) is 1.27. The van der Waals surface area contributed by atoms with Crippen molar-refractivity contribution in [2.45, 2.75) is 18.7 Å². The summed E-state index contributed by atoms with van der Waals surface area (Å²) in [6.45, 7) is 3.50. The van der Waals surface area contributed by atoms with Gasteiger partial charge in [0.1, 0.15) is 10.1 Å². The second kappa shape index (κ2) is 7.29. The third-order valence-corrected chi connectivity index (χ3v) is 6.22. The van der Waals surface area contributed by atoms with Crippen LogP contribution in [0.2, 0.25) is 0 Å². The smallest absolute Gasteiger partial charge is 0.744 e. The summed E-state index contributed by atoms with van der Waals surface area (Å²) < 4.78 is 35.3.